The minimum Gasteiger partial charge on any atom is -0.491 e. The quantitative estimate of drug-likeness (QED) is 0.613. The first-order valence-electron chi connectivity index (χ1n) is 12.6. The second-order valence-electron chi connectivity index (χ2n) is 9.72. The molecule has 3 aliphatic heterocycles. The number of carbonyl (C=O) groups excluding carboxylic acids is 1. The van der Waals surface area contributed by atoms with Gasteiger partial charge in [-0.25, -0.2) is 0 Å². The molecule has 0 radical (unpaired) electrons. The smallest absolute Gasteiger partial charge is 0.257 e. The molecule has 1 unspecified atom stereocenters. The fraction of sp³-hybridized carbons (Fsp3) is 0.519. The number of amides is 1. The molecule has 188 valence electrons. The number of aliphatic hydroxyl groups is 2. The Labute approximate surface area is 206 Å². The van der Waals surface area contributed by atoms with Gasteiger partial charge in [-0.1, -0.05) is 30.3 Å². The van der Waals surface area contributed by atoms with Crippen molar-refractivity contribution < 1.29 is 24.5 Å². The maximum absolute atomic E-state index is 13.3. The standard InChI is InChI=1S/C27H35N3O5/c31-18-23-19-34-11-9-29(23)14-20-5-6-25-26(13-20)35-12-10-30(27(25)33)17-24(32)16-28-8-7-21-3-1-2-4-22(21)15-28/h1-6,13,23-24,31-32H,7-12,14-19H2/t23?,24-/m1/s1. The number of morpholine rings is 1. The number of hydrogen-bond acceptors (Lipinski definition) is 7. The second kappa shape index (κ2) is 11.1. The van der Waals surface area contributed by atoms with E-state index < -0.39 is 6.10 Å². The van der Waals surface area contributed by atoms with Crippen LogP contribution in [0, 0.1) is 0 Å². The Kier molecular flexibility index (Phi) is 7.65. The molecule has 3 aliphatic rings. The largest absolute Gasteiger partial charge is 0.491 e. The van der Waals surface area contributed by atoms with Crippen molar-refractivity contribution in [3.05, 3.63) is 64.7 Å². The van der Waals surface area contributed by atoms with Crippen LogP contribution in [0.25, 0.3) is 0 Å². The van der Waals surface area contributed by atoms with E-state index in [0.29, 0.717) is 50.8 Å². The highest BCUT2D eigenvalue weighted by molar-refractivity contribution is 5.97. The molecule has 35 heavy (non-hydrogen) atoms. The third-order valence-corrected chi connectivity index (χ3v) is 7.24. The fourth-order valence-electron chi connectivity index (χ4n) is 5.29. The lowest BCUT2D eigenvalue weighted by Gasteiger charge is -2.34. The van der Waals surface area contributed by atoms with Gasteiger partial charge in [0.05, 0.1) is 44.1 Å². The van der Waals surface area contributed by atoms with Gasteiger partial charge in [-0.05, 0) is 35.2 Å². The Morgan fingerprint density at radius 1 is 1.03 bits per heavy atom. The summed E-state index contributed by atoms with van der Waals surface area (Å²) in [4.78, 5) is 19.5. The third-order valence-electron chi connectivity index (χ3n) is 7.24. The summed E-state index contributed by atoms with van der Waals surface area (Å²) in [6.45, 7) is 6.06. The van der Waals surface area contributed by atoms with E-state index >= 15 is 0 Å². The number of hydrogen-bond donors (Lipinski definition) is 2. The highest BCUT2D eigenvalue weighted by Gasteiger charge is 2.28. The van der Waals surface area contributed by atoms with Gasteiger partial charge in [0, 0.05) is 39.3 Å². The van der Waals surface area contributed by atoms with E-state index in [1.165, 1.54) is 11.1 Å². The van der Waals surface area contributed by atoms with Crippen molar-refractivity contribution in [1.82, 2.24) is 14.7 Å². The van der Waals surface area contributed by atoms with Gasteiger partial charge in [0.1, 0.15) is 12.4 Å². The average Bonchev–Trinajstić information content (AvgIpc) is 3.02. The summed E-state index contributed by atoms with van der Waals surface area (Å²) >= 11 is 0. The lowest BCUT2D eigenvalue weighted by molar-refractivity contribution is -0.0312. The summed E-state index contributed by atoms with van der Waals surface area (Å²) < 4.78 is 11.4. The van der Waals surface area contributed by atoms with Crippen molar-refractivity contribution in [2.45, 2.75) is 31.7 Å². The molecule has 2 atom stereocenters. The summed E-state index contributed by atoms with van der Waals surface area (Å²) in [5.41, 5.74) is 4.27. The number of fused-ring (bicyclic) bond motifs is 2. The monoisotopic (exact) mass is 481 g/mol. The molecule has 0 aromatic heterocycles. The number of nitrogens with zero attached hydrogens (tertiary/aromatic N) is 3. The normalized spacial score (nSPS) is 22.2. The van der Waals surface area contributed by atoms with E-state index in [9.17, 15) is 15.0 Å². The average molecular weight is 482 g/mol. The van der Waals surface area contributed by atoms with Gasteiger partial charge in [-0.3, -0.25) is 14.6 Å². The summed E-state index contributed by atoms with van der Waals surface area (Å²) in [5, 5.41) is 20.5. The molecule has 8 nitrogen and oxygen atoms in total. The summed E-state index contributed by atoms with van der Waals surface area (Å²) in [6.07, 6.45) is 0.361. The maximum Gasteiger partial charge on any atom is 0.257 e. The molecule has 0 bridgehead atoms. The van der Waals surface area contributed by atoms with Crippen LogP contribution in [-0.2, 0) is 24.2 Å². The highest BCUT2D eigenvalue weighted by Crippen LogP contribution is 2.26. The van der Waals surface area contributed by atoms with Crippen LogP contribution >= 0.6 is 0 Å². The van der Waals surface area contributed by atoms with Crippen molar-refractivity contribution in [3.8, 4) is 5.75 Å². The van der Waals surface area contributed by atoms with Crippen LogP contribution in [0.4, 0.5) is 0 Å². The lowest BCUT2D eigenvalue weighted by atomic mass is 10.00. The molecule has 0 saturated carbocycles. The Bertz CT molecular complexity index is 1030. The number of aliphatic hydroxyl groups excluding tert-OH is 2. The maximum atomic E-state index is 13.3. The second-order valence-corrected chi connectivity index (χ2v) is 9.72. The molecule has 3 heterocycles. The predicted molar refractivity (Wildman–Crippen MR) is 131 cm³/mol. The molecular formula is C27H35N3O5. The van der Waals surface area contributed by atoms with E-state index in [2.05, 4.69) is 34.1 Å². The number of β-amino-alcohol motifs (C(OH)–C–C–N with tert-alkyl or cyclic N) is 1. The Balaban J connectivity index is 1.20. The third kappa shape index (κ3) is 5.68. The van der Waals surface area contributed by atoms with Crippen LogP contribution < -0.4 is 4.74 Å². The van der Waals surface area contributed by atoms with Crippen molar-refractivity contribution in [3.63, 3.8) is 0 Å². The van der Waals surface area contributed by atoms with Crippen LogP contribution in [0.5, 0.6) is 5.75 Å². The molecule has 0 aliphatic carbocycles. The van der Waals surface area contributed by atoms with Gasteiger partial charge in [0.15, 0.2) is 0 Å². The van der Waals surface area contributed by atoms with E-state index in [1.54, 1.807) is 4.90 Å². The van der Waals surface area contributed by atoms with Crippen molar-refractivity contribution in [2.24, 2.45) is 0 Å². The molecule has 5 rings (SSSR count). The van der Waals surface area contributed by atoms with Gasteiger partial charge in [-0.15, -0.1) is 0 Å². The number of benzene rings is 2. The molecule has 2 aromatic carbocycles. The summed E-state index contributed by atoms with van der Waals surface area (Å²) in [6, 6.07) is 14.2. The molecule has 1 amide bonds. The van der Waals surface area contributed by atoms with Crippen LogP contribution in [0.1, 0.15) is 27.0 Å². The molecular weight excluding hydrogens is 446 g/mol. The Hall–Kier alpha value is -2.49. The van der Waals surface area contributed by atoms with Crippen molar-refractivity contribution >= 4 is 5.91 Å². The lowest BCUT2D eigenvalue weighted by Crippen LogP contribution is -2.46. The zero-order valence-electron chi connectivity index (χ0n) is 20.1. The molecule has 2 N–H and O–H groups in total. The van der Waals surface area contributed by atoms with E-state index in [0.717, 1.165) is 31.6 Å². The Morgan fingerprint density at radius 3 is 2.74 bits per heavy atom. The number of ether oxygens (including phenoxy) is 2. The molecule has 2 aromatic rings. The first-order valence-corrected chi connectivity index (χ1v) is 12.6. The van der Waals surface area contributed by atoms with Gasteiger partial charge < -0.3 is 24.6 Å². The molecule has 8 heteroatoms. The van der Waals surface area contributed by atoms with E-state index in [-0.39, 0.29) is 25.1 Å². The van der Waals surface area contributed by atoms with Crippen molar-refractivity contribution in [2.75, 3.05) is 59.2 Å². The van der Waals surface area contributed by atoms with E-state index in [4.69, 9.17) is 9.47 Å². The molecule has 1 fully saturated rings. The first-order chi connectivity index (χ1) is 17.1. The highest BCUT2D eigenvalue weighted by atomic mass is 16.5. The van der Waals surface area contributed by atoms with Gasteiger partial charge >= 0.3 is 0 Å². The van der Waals surface area contributed by atoms with Gasteiger partial charge in [0.2, 0.25) is 0 Å². The minimum absolute atomic E-state index is 0.0181. The SMILES string of the molecule is O=C1c2ccc(CN3CCOCC3CO)cc2OCCN1C[C@H](O)CN1CCc2ccccc2C1. The molecule has 0 spiro atoms. The fourth-order valence-corrected chi connectivity index (χ4v) is 5.29. The van der Waals surface area contributed by atoms with Crippen LogP contribution in [0.3, 0.4) is 0 Å². The van der Waals surface area contributed by atoms with Gasteiger partial charge in [0.25, 0.3) is 5.91 Å². The van der Waals surface area contributed by atoms with Crippen molar-refractivity contribution in [1.29, 1.82) is 0 Å². The predicted octanol–water partition coefficient (Wildman–Crippen LogP) is 1.13. The van der Waals surface area contributed by atoms with Crippen LogP contribution in [0.2, 0.25) is 0 Å². The summed E-state index contributed by atoms with van der Waals surface area (Å²) in [5.74, 6) is 0.484. The zero-order chi connectivity index (χ0) is 24.2. The topological polar surface area (TPSA) is 85.7 Å². The zero-order valence-corrected chi connectivity index (χ0v) is 20.1. The van der Waals surface area contributed by atoms with E-state index in [1.807, 2.05) is 18.2 Å². The molecule has 1 saturated heterocycles. The first kappa shape index (κ1) is 24.2. The summed E-state index contributed by atoms with van der Waals surface area (Å²) in [7, 11) is 0. The van der Waals surface area contributed by atoms with Crippen LogP contribution in [0.15, 0.2) is 42.5 Å². The van der Waals surface area contributed by atoms with Gasteiger partial charge in [-0.2, -0.15) is 0 Å². The number of carbonyl (C=O) groups is 1. The van der Waals surface area contributed by atoms with Crippen LogP contribution in [-0.4, -0.2) is 102 Å². The minimum atomic E-state index is -0.623. The number of rotatable bonds is 7. The Morgan fingerprint density at radius 2 is 1.89 bits per heavy atom.